The van der Waals surface area contributed by atoms with Gasteiger partial charge in [-0.25, -0.2) is 4.79 Å². The Morgan fingerprint density at radius 2 is 1.67 bits per heavy atom. The van der Waals surface area contributed by atoms with Crippen LogP contribution in [-0.4, -0.2) is 24.0 Å². The van der Waals surface area contributed by atoms with Crippen LogP contribution in [0.5, 0.6) is 5.75 Å². The van der Waals surface area contributed by atoms with Gasteiger partial charge in [0.1, 0.15) is 5.75 Å². The Balaban J connectivity index is 2.47. The number of fused-ring (bicyclic) bond motifs is 1. The lowest BCUT2D eigenvalue weighted by Gasteiger charge is -2.04. The first-order valence-electron chi connectivity index (χ1n) is 4.79. The van der Waals surface area contributed by atoms with E-state index in [2.05, 4.69) is 4.18 Å². The predicted octanol–water partition coefficient (Wildman–Crippen LogP) is 1.72. The van der Waals surface area contributed by atoms with E-state index in [0.29, 0.717) is 10.8 Å². The van der Waals surface area contributed by atoms with Crippen LogP contribution in [0.25, 0.3) is 10.8 Å². The third-order valence-electron chi connectivity index (χ3n) is 2.26. The molecule has 0 unspecified atom stereocenters. The molecule has 0 saturated heterocycles. The number of hydrogen-bond donors (Lipinski definition) is 2. The fourth-order valence-corrected chi connectivity index (χ4v) is 1.88. The van der Waals surface area contributed by atoms with Gasteiger partial charge in [-0.1, -0.05) is 12.1 Å². The molecule has 2 aromatic carbocycles. The van der Waals surface area contributed by atoms with Crippen LogP contribution in [0.1, 0.15) is 10.4 Å². The van der Waals surface area contributed by atoms with Crippen LogP contribution < -0.4 is 4.18 Å². The lowest BCUT2D eigenvalue weighted by molar-refractivity contribution is 0.0697. The number of carbonyl (C=O) groups is 1. The fourth-order valence-electron chi connectivity index (χ4n) is 1.53. The molecular formula is C11H8O6S. The highest BCUT2D eigenvalue weighted by molar-refractivity contribution is 7.81. The Morgan fingerprint density at radius 1 is 1.06 bits per heavy atom. The van der Waals surface area contributed by atoms with E-state index >= 15 is 0 Å². The van der Waals surface area contributed by atoms with Crippen molar-refractivity contribution < 1.29 is 27.1 Å². The Hall–Kier alpha value is -2.12. The van der Waals surface area contributed by atoms with Gasteiger partial charge >= 0.3 is 16.4 Å². The molecule has 7 heteroatoms. The molecule has 0 fully saturated rings. The number of hydrogen-bond acceptors (Lipinski definition) is 4. The van der Waals surface area contributed by atoms with Gasteiger partial charge in [-0.3, -0.25) is 4.55 Å². The number of benzene rings is 2. The minimum atomic E-state index is -4.56. The lowest BCUT2D eigenvalue weighted by Crippen LogP contribution is -2.06. The van der Waals surface area contributed by atoms with Gasteiger partial charge in [0.25, 0.3) is 0 Å². The van der Waals surface area contributed by atoms with E-state index in [-0.39, 0.29) is 11.3 Å². The molecule has 6 nitrogen and oxygen atoms in total. The fraction of sp³-hybridized carbons (Fsp3) is 0. The van der Waals surface area contributed by atoms with E-state index in [1.54, 1.807) is 0 Å². The third-order valence-corrected chi connectivity index (χ3v) is 2.66. The van der Waals surface area contributed by atoms with Crippen molar-refractivity contribution in [2.75, 3.05) is 0 Å². The molecule has 0 aliphatic carbocycles. The van der Waals surface area contributed by atoms with E-state index < -0.39 is 16.4 Å². The first-order chi connectivity index (χ1) is 8.35. The second kappa shape index (κ2) is 4.28. The van der Waals surface area contributed by atoms with E-state index in [0.717, 1.165) is 0 Å². The zero-order valence-corrected chi connectivity index (χ0v) is 9.72. The van der Waals surface area contributed by atoms with Gasteiger partial charge in [0.05, 0.1) is 5.56 Å². The summed E-state index contributed by atoms with van der Waals surface area (Å²) < 4.78 is 33.9. The first kappa shape index (κ1) is 12.3. The van der Waals surface area contributed by atoms with Crippen molar-refractivity contribution in [2.45, 2.75) is 0 Å². The van der Waals surface area contributed by atoms with Gasteiger partial charge in [-0.2, -0.15) is 8.42 Å². The molecule has 2 aromatic rings. The van der Waals surface area contributed by atoms with Gasteiger partial charge < -0.3 is 9.29 Å². The smallest absolute Gasteiger partial charge is 0.446 e. The van der Waals surface area contributed by atoms with Crippen LogP contribution in [0.4, 0.5) is 0 Å². The zero-order valence-electron chi connectivity index (χ0n) is 8.90. The van der Waals surface area contributed by atoms with Crippen molar-refractivity contribution in [3.63, 3.8) is 0 Å². The average Bonchev–Trinajstić information content (AvgIpc) is 2.26. The van der Waals surface area contributed by atoms with Crippen molar-refractivity contribution in [3.05, 3.63) is 42.0 Å². The molecule has 0 spiro atoms. The Kier molecular flexibility index (Phi) is 2.93. The third kappa shape index (κ3) is 2.76. The van der Waals surface area contributed by atoms with Crippen molar-refractivity contribution in [2.24, 2.45) is 0 Å². The lowest BCUT2D eigenvalue weighted by atomic mass is 10.1. The number of rotatable bonds is 3. The van der Waals surface area contributed by atoms with Crippen molar-refractivity contribution in [1.82, 2.24) is 0 Å². The number of aromatic carboxylic acids is 1. The summed E-state index contributed by atoms with van der Waals surface area (Å²) in [4.78, 5) is 10.8. The van der Waals surface area contributed by atoms with Crippen LogP contribution in [0.2, 0.25) is 0 Å². The minimum absolute atomic E-state index is 0.0481. The standard InChI is InChI=1S/C11H8O6S/c12-11(13)9-2-1-8-6-10(17-18(14,15)16)4-3-7(8)5-9/h1-6H,(H,12,13)(H,14,15,16). The maximum absolute atomic E-state index is 10.8. The molecule has 2 N–H and O–H groups in total. The molecule has 0 saturated carbocycles. The van der Waals surface area contributed by atoms with Crippen LogP contribution >= 0.6 is 0 Å². The summed E-state index contributed by atoms with van der Waals surface area (Å²) in [5.41, 5.74) is 0.131. The first-order valence-corrected chi connectivity index (χ1v) is 6.16. The summed E-state index contributed by atoms with van der Waals surface area (Å²) >= 11 is 0. The van der Waals surface area contributed by atoms with Crippen LogP contribution in [0.3, 0.4) is 0 Å². The number of carboxylic acid groups (broad SMARTS) is 1. The summed E-state index contributed by atoms with van der Waals surface area (Å²) in [7, 11) is -4.56. The quantitative estimate of drug-likeness (QED) is 0.822. The highest BCUT2D eigenvalue weighted by Crippen LogP contribution is 2.22. The summed E-state index contributed by atoms with van der Waals surface area (Å²) in [6.07, 6.45) is 0. The maximum atomic E-state index is 10.8. The summed E-state index contributed by atoms with van der Waals surface area (Å²) in [5, 5.41) is 10.0. The second-order valence-electron chi connectivity index (χ2n) is 3.54. The Bertz CT molecular complexity index is 719. The SMILES string of the molecule is O=C(O)c1ccc2cc(OS(=O)(=O)O)ccc2c1. The van der Waals surface area contributed by atoms with Crippen molar-refractivity contribution in [1.29, 1.82) is 0 Å². The molecular weight excluding hydrogens is 260 g/mol. The molecule has 0 aliphatic rings. The van der Waals surface area contributed by atoms with Gasteiger partial charge in [0.2, 0.25) is 0 Å². The van der Waals surface area contributed by atoms with Gasteiger partial charge in [-0.05, 0) is 35.0 Å². The molecule has 94 valence electrons. The molecule has 0 aromatic heterocycles. The maximum Gasteiger partial charge on any atom is 0.446 e. The van der Waals surface area contributed by atoms with Crippen LogP contribution in [-0.2, 0) is 10.4 Å². The largest absolute Gasteiger partial charge is 0.478 e. The van der Waals surface area contributed by atoms with Gasteiger partial charge in [0.15, 0.2) is 0 Å². The van der Waals surface area contributed by atoms with E-state index in [4.69, 9.17) is 9.66 Å². The van der Waals surface area contributed by atoms with Crippen LogP contribution in [0.15, 0.2) is 36.4 Å². The van der Waals surface area contributed by atoms with Crippen LogP contribution in [0, 0.1) is 0 Å². The predicted molar refractivity (Wildman–Crippen MR) is 63.1 cm³/mol. The molecule has 0 aliphatic heterocycles. The highest BCUT2D eigenvalue weighted by Gasteiger charge is 2.08. The Morgan fingerprint density at radius 3 is 2.28 bits per heavy atom. The van der Waals surface area contributed by atoms with Gasteiger partial charge in [-0.15, -0.1) is 0 Å². The highest BCUT2D eigenvalue weighted by atomic mass is 32.3. The molecule has 0 bridgehead atoms. The minimum Gasteiger partial charge on any atom is -0.478 e. The topological polar surface area (TPSA) is 101 Å². The van der Waals surface area contributed by atoms with E-state index in [1.807, 2.05) is 0 Å². The molecule has 0 amide bonds. The molecule has 0 atom stereocenters. The molecule has 0 radical (unpaired) electrons. The molecule has 0 heterocycles. The Labute approximate surface area is 102 Å². The normalized spacial score (nSPS) is 11.4. The zero-order chi connectivity index (χ0) is 13.3. The summed E-state index contributed by atoms with van der Waals surface area (Å²) in [6, 6.07) is 8.57. The van der Waals surface area contributed by atoms with Gasteiger partial charge in [0, 0.05) is 0 Å². The average molecular weight is 268 g/mol. The summed E-state index contributed by atoms with van der Waals surface area (Å²) in [6.45, 7) is 0. The van der Waals surface area contributed by atoms with E-state index in [9.17, 15) is 13.2 Å². The summed E-state index contributed by atoms with van der Waals surface area (Å²) in [5.74, 6) is -1.09. The monoisotopic (exact) mass is 268 g/mol. The van der Waals surface area contributed by atoms with E-state index in [1.165, 1.54) is 36.4 Å². The number of carboxylic acids is 1. The van der Waals surface area contributed by atoms with Crippen molar-refractivity contribution in [3.8, 4) is 5.75 Å². The molecule has 18 heavy (non-hydrogen) atoms. The van der Waals surface area contributed by atoms with Crippen molar-refractivity contribution >= 4 is 27.1 Å². The molecule has 2 rings (SSSR count). The second-order valence-corrected chi connectivity index (χ2v) is 4.56.